The van der Waals surface area contributed by atoms with Gasteiger partial charge in [-0.3, -0.25) is 4.79 Å². The molecule has 1 fully saturated rings. The van der Waals surface area contributed by atoms with Crippen LogP contribution in [0.3, 0.4) is 0 Å². The smallest absolute Gasteiger partial charge is 0.321 e. The molecule has 0 bridgehead atoms. The molecule has 29 heavy (non-hydrogen) atoms. The molecule has 3 rings (SSSR count). The predicted molar refractivity (Wildman–Crippen MR) is 120 cm³/mol. The largest absolute Gasteiger partial charge is 0.465 e. The van der Waals surface area contributed by atoms with Crippen LogP contribution >= 0.6 is 0 Å². The van der Waals surface area contributed by atoms with Crippen molar-refractivity contribution in [2.45, 2.75) is 70.1 Å². The number of rotatable bonds is 12. The summed E-state index contributed by atoms with van der Waals surface area (Å²) < 4.78 is 5.76. The third-order valence-corrected chi connectivity index (χ3v) is 5.88. The summed E-state index contributed by atoms with van der Waals surface area (Å²) in [5.41, 5.74) is 3.08. The Hall–Kier alpha value is -2.35. The van der Waals surface area contributed by atoms with Crippen LogP contribution in [0, 0.1) is 0 Å². The fourth-order valence-electron chi connectivity index (χ4n) is 4.05. The van der Waals surface area contributed by atoms with Gasteiger partial charge in [-0.1, -0.05) is 105 Å². The number of aryl methyl sites for hydroxylation is 1. The third-order valence-electron chi connectivity index (χ3n) is 5.88. The first-order valence-electron chi connectivity index (χ1n) is 11.2. The van der Waals surface area contributed by atoms with E-state index in [-0.39, 0.29) is 5.97 Å². The summed E-state index contributed by atoms with van der Waals surface area (Å²) in [7, 11) is 0. The average molecular weight is 391 g/mol. The van der Waals surface area contributed by atoms with E-state index in [1.807, 2.05) is 24.3 Å². The van der Waals surface area contributed by atoms with Crippen LogP contribution in [0.5, 0.6) is 0 Å². The molecule has 0 amide bonds. The monoisotopic (exact) mass is 390 g/mol. The van der Waals surface area contributed by atoms with Gasteiger partial charge in [0.15, 0.2) is 0 Å². The third kappa shape index (κ3) is 5.82. The van der Waals surface area contributed by atoms with Gasteiger partial charge in [0.05, 0.1) is 6.61 Å². The topological polar surface area (TPSA) is 26.3 Å². The molecule has 1 aliphatic carbocycles. The Morgan fingerprint density at radius 2 is 1.62 bits per heavy atom. The molecule has 2 aromatic rings. The van der Waals surface area contributed by atoms with Crippen molar-refractivity contribution in [3.05, 3.63) is 83.4 Å². The Labute approximate surface area is 176 Å². The van der Waals surface area contributed by atoms with Gasteiger partial charge in [-0.05, 0) is 43.2 Å². The summed E-state index contributed by atoms with van der Waals surface area (Å²) in [5, 5.41) is 0. The number of benzene rings is 2. The predicted octanol–water partition coefficient (Wildman–Crippen LogP) is 6.79. The Morgan fingerprint density at radius 1 is 0.931 bits per heavy atom. The van der Waals surface area contributed by atoms with E-state index in [0.29, 0.717) is 6.61 Å². The molecule has 0 heterocycles. The maximum absolute atomic E-state index is 13.1. The van der Waals surface area contributed by atoms with Gasteiger partial charge in [-0.15, -0.1) is 0 Å². The Kier molecular flexibility index (Phi) is 8.10. The van der Waals surface area contributed by atoms with Crippen LogP contribution in [-0.4, -0.2) is 12.6 Å². The fraction of sp³-hybridized carbons (Fsp3) is 0.444. The summed E-state index contributed by atoms with van der Waals surface area (Å²) in [6.45, 7) is 2.72. The van der Waals surface area contributed by atoms with Crippen LogP contribution in [0.25, 0.3) is 0 Å². The second-order valence-electron chi connectivity index (χ2n) is 8.11. The minimum absolute atomic E-state index is 0.0750. The normalized spacial score (nSPS) is 19.3. The van der Waals surface area contributed by atoms with Crippen molar-refractivity contribution >= 4 is 5.97 Å². The number of hydrogen-bond donors (Lipinski definition) is 0. The Bertz CT molecular complexity index is 779. The van der Waals surface area contributed by atoms with Crippen LogP contribution < -0.4 is 0 Å². The number of esters is 1. The molecule has 1 saturated carbocycles. The lowest BCUT2D eigenvalue weighted by Gasteiger charge is -2.15. The second kappa shape index (κ2) is 11.0. The molecule has 1 atom stereocenters. The summed E-state index contributed by atoms with van der Waals surface area (Å²) in [6, 6.07) is 20.5. The summed E-state index contributed by atoms with van der Waals surface area (Å²) in [5.74, 6) is -0.0750. The number of carbonyl (C=O) groups is 1. The zero-order valence-corrected chi connectivity index (χ0v) is 17.7. The lowest BCUT2D eigenvalue weighted by Crippen LogP contribution is -2.24. The molecule has 0 radical (unpaired) electrons. The van der Waals surface area contributed by atoms with Gasteiger partial charge in [0.2, 0.25) is 0 Å². The quantitative estimate of drug-likeness (QED) is 0.226. The van der Waals surface area contributed by atoms with Crippen molar-refractivity contribution in [3.63, 3.8) is 0 Å². The van der Waals surface area contributed by atoms with Gasteiger partial charge in [0, 0.05) is 0 Å². The van der Waals surface area contributed by atoms with E-state index in [0.717, 1.165) is 31.2 Å². The molecule has 2 aromatic carbocycles. The fourth-order valence-corrected chi connectivity index (χ4v) is 4.05. The summed E-state index contributed by atoms with van der Waals surface area (Å²) in [6.07, 6.45) is 12.4. The Balaban J connectivity index is 1.54. The molecule has 1 unspecified atom stereocenters. The van der Waals surface area contributed by atoms with Gasteiger partial charge in [0.1, 0.15) is 5.41 Å². The van der Waals surface area contributed by atoms with Crippen LogP contribution in [0.4, 0.5) is 0 Å². The molecule has 2 heteroatoms. The van der Waals surface area contributed by atoms with E-state index in [2.05, 4.69) is 49.4 Å². The van der Waals surface area contributed by atoms with E-state index < -0.39 is 5.41 Å². The van der Waals surface area contributed by atoms with Crippen LogP contribution in [0.1, 0.15) is 69.4 Å². The molecule has 0 spiro atoms. The highest BCUT2D eigenvalue weighted by Gasteiger charge is 2.57. The first-order chi connectivity index (χ1) is 14.3. The minimum Gasteiger partial charge on any atom is -0.465 e. The summed E-state index contributed by atoms with van der Waals surface area (Å²) in [4.78, 5) is 13.1. The van der Waals surface area contributed by atoms with Gasteiger partial charge in [0.25, 0.3) is 0 Å². The molecule has 154 valence electrons. The Morgan fingerprint density at radius 3 is 2.34 bits per heavy atom. The average Bonchev–Trinajstić information content (AvgIpc) is 3.50. The molecule has 0 aliphatic heterocycles. The summed E-state index contributed by atoms with van der Waals surface area (Å²) >= 11 is 0. The van der Waals surface area contributed by atoms with Crippen LogP contribution in [0.2, 0.25) is 0 Å². The number of unbranched alkanes of at least 4 members (excludes halogenated alkanes) is 5. The van der Waals surface area contributed by atoms with E-state index >= 15 is 0 Å². The maximum atomic E-state index is 13.1. The van der Waals surface area contributed by atoms with Crippen molar-refractivity contribution < 1.29 is 9.53 Å². The van der Waals surface area contributed by atoms with Crippen molar-refractivity contribution in [2.24, 2.45) is 0 Å². The molecule has 0 N–H and O–H groups in total. The van der Waals surface area contributed by atoms with Crippen LogP contribution in [-0.2, 0) is 21.4 Å². The molecule has 0 aromatic heterocycles. The minimum atomic E-state index is -0.530. The maximum Gasteiger partial charge on any atom is 0.321 e. The first-order valence-corrected chi connectivity index (χ1v) is 11.2. The second-order valence-corrected chi connectivity index (χ2v) is 8.11. The van der Waals surface area contributed by atoms with Crippen LogP contribution in [0.15, 0.2) is 72.3 Å². The highest BCUT2D eigenvalue weighted by atomic mass is 16.5. The molecular weight excluding hydrogens is 356 g/mol. The number of hydrogen-bond acceptors (Lipinski definition) is 2. The van der Waals surface area contributed by atoms with E-state index in [4.69, 9.17) is 4.74 Å². The molecule has 1 aliphatic rings. The van der Waals surface area contributed by atoms with Gasteiger partial charge < -0.3 is 4.74 Å². The number of allylic oxidation sites excluding steroid dienone is 1. The standard InChI is InChI=1S/C27H34O2/c1-2-3-4-5-6-11-20-25-22-27(25,24-18-12-8-13-19-24)26(28)29-21-14-17-23-15-9-7-10-16-23/h7-10,12-13,15-16,18-20H,2-6,11,14,17,21-22H2,1H3/b25-20+. The SMILES string of the molecule is CCCCCCC/C=C1\CC1(C(=O)OCCCc1ccccc1)c1ccccc1. The van der Waals surface area contributed by atoms with Gasteiger partial charge in [-0.2, -0.15) is 0 Å². The van der Waals surface area contributed by atoms with Crippen molar-refractivity contribution in [2.75, 3.05) is 6.61 Å². The lowest BCUT2D eigenvalue weighted by molar-refractivity contribution is -0.146. The van der Waals surface area contributed by atoms with Gasteiger partial charge in [-0.25, -0.2) is 0 Å². The van der Waals surface area contributed by atoms with E-state index in [1.54, 1.807) is 0 Å². The highest BCUT2D eigenvalue weighted by Crippen LogP contribution is 2.55. The van der Waals surface area contributed by atoms with E-state index in [9.17, 15) is 4.79 Å². The molecule has 0 saturated heterocycles. The van der Waals surface area contributed by atoms with Crippen molar-refractivity contribution in [1.82, 2.24) is 0 Å². The van der Waals surface area contributed by atoms with E-state index in [1.165, 1.54) is 43.2 Å². The van der Waals surface area contributed by atoms with Crippen molar-refractivity contribution in [3.8, 4) is 0 Å². The van der Waals surface area contributed by atoms with Gasteiger partial charge >= 0.3 is 5.97 Å². The zero-order chi connectivity index (χ0) is 20.4. The highest BCUT2D eigenvalue weighted by molar-refractivity contribution is 5.93. The number of ether oxygens (including phenoxy) is 1. The van der Waals surface area contributed by atoms with Crippen molar-refractivity contribution in [1.29, 1.82) is 0 Å². The zero-order valence-electron chi connectivity index (χ0n) is 17.7. The lowest BCUT2D eigenvalue weighted by atomic mass is 9.94. The number of carbonyl (C=O) groups excluding carboxylic acids is 1. The molecule has 2 nitrogen and oxygen atoms in total. The first kappa shape index (κ1) is 21.4. The molecular formula is C27H34O2.